The number of nitrogens with zero attached hydrogens (tertiary/aromatic N) is 1. The van der Waals surface area contributed by atoms with Crippen molar-refractivity contribution >= 4 is 17.5 Å². The van der Waals surface area contributed by atoms with E-state index in [-0.39, 0.29) is 25.0 Å². The fourth-order valence-corrected chi connectivity index (χ4v) is 2.19. The molecule has 1 aromatic carbocycles. The van der Waals surface area contributed by atoms with Gasteiger partial charge in [0.15, 0.2) is 0 Å². The minimum atomic E-state index is -0.752. The Bertz CT molecular complexity index is 511. The lowest BCUT2D eigenvalue weighted by molar-refractivity contribution is -0.136. The van der Waals surface area contributed by atoms with Crippen molar-refractivity contribution < 1.29 is 14.3 Å². The summed E-state index contributed by atoms with van der Waals surface area (Å²) in [5, 5.41) is 2.86. The summed E-state index contributed by atoms with van der Waals surface area (Å²) in [6.07, 6.45) is 0. The Morgan fingerprint density at radius 2 is 1.91 bits per heavy atom. The normalized spacial score (nSPS) is 11.9. The zero-order chi connectivity index (χ0) is 16.7. The molecule has 6 nitrogen and oxygen atoms in total. The van der Waals surface area contributed by atoms with Crippen molar-refractivity contribution in [2.24, 2.45) is 5.73 Å². The van der Waals surface area contributed by atoms with Gasteiger partial charge in [0.05, 0.1) is 13.2 Å². The molecular weight excluding hydrogens is 282 g/mol. The summed E-state index contributed by atoms with van der Waals surface area (Å²) in [5.41, 5.74) is 8.49. The second-order valence-corrected chi connectivity index (χ2v) is 5.23. The number of ether oxygens (including phenoxy) is 1. The van der Waals surface area contributed by atoms with Gasteiger partial charge in [0.25, 0.3) is 0 Å². The highest BCUT2D eigenvalue weighted by Crippen LogP contribution is 2.19. The zero-order valence-electron chi connectivity index (χ0n) is 13.7. The van der Waals surface area contributed by atoms with E-state index < -0.39 is 6.04 Å². The van der Waals surface area contributed by atoms with Gasteiger partial charge in [0, 0.05) is 19.3 Å². The third-order valence-corrected chi connectivity index (χ3v) is 3.44. The molecule has 22 heavy (non-hydrogen) atoms. The molecule has 122 valence electrons. The monoisotopic (exact) mass is 307 g/mol. The van der Waals surface area contributed by atoms with Crippen LogP contribution in [0.3, 0.4) is 0 Å². The van der Waals surface area contributed by atoms with Crippen LogP contribution in [0.5, 0.6) is 0 Å². The summed E-state index contributed by atoms with van der Waals surface area (Å²) < 4.78 is 4.88. The third kappa shape index (κ3) is 4.82. The topological polar surface area (TPSA) is 84.7 Å². The van der Waals surface area contributed by atoms with Crippen LogP contribution in [-0.4, -0.2) is 49.6 Å². The summed E-state index contributed by atoms with van der Waals surface area (Å²) in [6, 6.07) is 5.05. The van der Waals surface area contributed by atoms with Crippen LogP contribution in [0.1, 0.15) is 18.1 Å². The molecule has 2 amide bonds. The second kappa shape index (κ2) is 8.51. The number of carbonyl (C=O) groups excluding carboxylic acids is 2. The molecule has 1 aromatic rings. The Hall–Kier alpha value is -1.92. The summed E-state index contributed by atoms with van der Waals surface area (Å²) in [6.45, 7) is 6.19. The van der Waals surface area contributed by atoms with Gasteiger partial charge >= 0.3 is 0 Å². The van der Waals surface area contributed by atoms with E-state index in [9.17, 15) is 9.59 Å². The molecule has 0 aliphatic heterocycles. The molecule has 1 rings (SSSR count). The number of carbonyl (C=O) groups is 2. The van der Waals surface area contributed by atoms with Gasteiger partial charge in [-0.25, -0.2) is 0 Å². The van der Waals surface area contributed by atoms with Crippen molar-refractivity contribution in [3.63, 3.8) is 0 Å². The molecule has 0 fully saturated rings. The van der Waals surface area contributed by atoms with Crippen LogP contribution < -0.4 is 11.1 Å². The van der Waals surface area contributed by atoms with Crippen LogP contribution in [0.4, 0.5) is 5.69 Å². The van der Waals surface area contributed by atoms with Gasteiger partial charge in [-0.05, 0) is 31.9 Å². The van der Waals surface area contributed by atoms with Crippen LogP contribution >= 0.6 is 0 Å². The molecule has 0 saturated carbocycles. The van der Waals surface area contributed by atoms with E-state index >= 15 is 0 Å². The number of nitrogens with one attached hydrogen (secondary N) is 1. The molecule has 0 radical (unpaired) electrons. The maximum atomic E-state index is 12.2. The standard InChI is InChI=1S/C16H25N3O3/c1-5-19(16(21)13(17)10-22-4)9-14(20)18-15-11(2)7-6-8-12(15)3/h6-8,13H,5,9-10,17H2,1-4H3,(H,18,20). The van der Waals surface area contributed by atoms with Gasteiger partial charge in [0.1, 0.15) is 6.04 Å². The number of anilines is 1. The maximum absolute atomic E-state index is 12.2. The number of para-hydroxylation sites is 1. The molecule has 0 saturated heterocycles. The average Bonchev–Trinajstić information content (AvgIpc) is 2.48. The number of hydrogen-bond acceptors (Lipinski definition) is 4. The molecule has 6 heteroatoms. The highest BCUT2D eigenvalue weighted by Gasteiger charge is 2.22. The predicted molar refractivity (Wildman–Crippen MR) is 86.7 cm³/mol. The number of nitrogens with two attached hydrogens (primary N) is 1. The van der Waals surface area contributed by atoms with Gasteiger partial charge in [-0.15, -0.1) is 0 Å². The quantitative estimate of drug-likeness (QED) is 0.789. The van der Waals surface area contributed by atoms with Crippen LogP contribution in [-0.2, 0) is 14.3 Å². The first-order valence-electron chi connectivity index (χ1n) is 7.30. The van der Waals surface area contributed by atoms with E-state index in [1.807, 2.05) is 39.0 Å². The number of benzene rings is 1. The number of rotatable bonds is 7. The van der Waals surface area contributed by atoms with Crippen molar-refractivity contribution in [2.75, 3.05) is 32.1 Å². The Labute approximate surface area is 131 Å². The largest absolute Gasteiger partial charge is 0.383 e. The number of hydrogen-bond donors (Lipinski definition) is 2. The molecule has 1 atom stereocenters. The first kappa shape index (κ1) is 18.1. The summed E-state index contributed by atoms with van der Waals surface area (Å²) in [4.78, 5) is 25.7. The Kier molecular flexibility index (Phi) is 7.01. The lowest BCUT2D eigenvalue weighted by atomic mass is 10.1. The van der Waals surface area contributed by atoms with Crippen LogP contribution in [0, 0.1) is 13.8 Å². The Morgan fingerprint density at radius 3 is 2.41 bits per heavy atom. The Morgan fingerprint density at radius 1 is 1.32 bits per heavy atom. The smallest absolute Gasteiger partial charge is 0.244 e. The van der Waals surface area contributed by atoms with Gasteiger partial charge in [-0.2, -0.15) is 0 Å². The molecular formula is C16H25N3O3. The van der Waals surface area contributed by atoms with Crippen LogP contribution in [0.2, 0.25) is 0 Å². The van der Waals surface area contributed by atoms with Gasteiger partial charge in [-0.1, -0.05) is 18.2 Å². The molecule has 0 aliphatic carbocycles. The minimum Gasteiger partial charge on any atom is -0.383 e. The van der Waals surface area contributed by atoms with Crippen molar-refractivity contribution in [2.45, 2.75) is 26.8 Å². The van der Waals surface area contributed by atoms with Crippen LogP contribution in [0.15, 0.2) is 18.2 Å². The maximum Gasteiger partial charge on any atom is 0.244 e. The highest BCUT2D eigenvalue weighted by molar-refractivity contribution is 5.96. The average molecular weight is 307 g/mol. The number of amides is 2. The van der Waals surface area contributed by atoms with Gasteiger partial charge in [-0.3, -0.25) is 9.59 Å². The fraction of sp³-hybridized carbons (Fsp3) is 0.500. The van der Waals surface area contributed by atoms with E-state index in [1.165, 1.54) is 12.0 Å². The van der Waals surface area contributed by atoms with E-state index in [1.54, 1.807) is 0 Å². The van der Waals surface area contributed by atoms with Crippen molar-refractivity contribution in [3.05, 3.63) is 29.3 Å². The molecule has 0 aliphatic rings. The highest BCUT2D eigenvalue weighted by atomic mass is 16.5. The van der Waals surface area contributed by atoms with Crippen molar-refractivity contribution in [3.8, 4) is 0 Å². The summed E-state index contributed by atoms with van der Waals surface area (Å²) in [5.74, 6) is -0.529. The molecule has 3 N–H and O–H groups in total. The fourth-order valence-electron chi connectivity index (χ4n) is 2.19. The molecule has 0 aromatic heterocycles. The zero-order valence-corrected chi connectivity index (χ0v) is 13.7. The lowest BCUT2D eigenvalue weighted by Crippen LogP contribution is -2.48. The van der Waals surface area contributed by atoms with E-state index in [4.69, 9.17) is 10.5 Å². The number of aryl methyl sites for hydroxylation is 2. The SMILES string of the molecule is CCN(CC(=O)Nc1c(C)cccc1C)C(=O)C(N)COC. The molecule has 1 unspecified atom stereocenters. The lowest BCUT2D eigenvalue weighted by Gasteiger charge is -2.24. The van der Waals surface area contributed by atoms with E-state index in [0.29, 0.717) is 6.54 Å². The van der Waals surface area contributed by atoms with E-state index in [2.05, 4.69) is 5.32 Å². The number of methoxy groups -OCH3 is 1. The predicted octanol–water partition coefficient (Wildman–Crippen LogP) is 1.06. The first-order chi connectivity index (χ1) is 10.4. The van der Waals surface area contributed by atoms with Crippen molar-refractivity contribution in [1.82, 2.24) is 4.90 Å². The van der Waals surface area contributed by atoms with Crippen molar-refractivity contribution in [1.29, 1.82) is 0 Å². The third-order valence-electron chi connectivity index (χ3n) is 3.44. The molecule has 0 heterocycles. The second-order valence-electron chi connectivity index (χ2n) is 5.23. The molecule has 0 spiro atoms. The summed E-state index contributed by atoms with van der Waals surface area (Å²) in [7, 11) is 1.48. The van der Waals surface area contributed by atoms with Crippen LogP contribution in [0.25, 0.3) is 0 Å². The summed E-state index contributed by atoms with van der Waals surface area (Å²) >= 11 is 0. The van der Waals surface area contributed by atoms with Gasteiger partial charge < -0.3 is 20.7 Å². The first-order valence-corrected chi connectivity index (χ1v) is 7.30. The number of likely N-dealkylation sites (N-methyl/N-ethyl adjacent to an activating group) is 1. The minimum absolute atomic E-state index is 0.0273. The van der Waals surface area contributed by atoms with Gasteiger partial charge in [0.2, 0.25) is 11.8 Å². The molecule has 0 bridgehead atoms. The Balaban J connectivity index is 2.71. The van der Waals surface area contributed by atoms with E-state index in [0.717, 1.165) is 16.8 Å².